The van der Waals surface area contributed by atoms with E-state index in [1.54, 1.807) is 24.5 Å². The van der Waals surface area contributed by atoms with Crippen molar-refractivity contribution < 1.29 is 8.42 Å². The number of sulfonamides is 1. The van der Waals surface area contributed by atoms with Gasteiger partial charge in [-0.1, -0.05) is 42.5 Å². The Bertz CT molecular complexity index is 1510. The van der Waals surface area contributed by atoms with Gasteiger partial charge in [0.25, 0.3) is 0 Å². The van der Waals surface area contributed by atoms with Crippen molar-refractivity contribution in [1.29, 1.82) is 0 Å². The third kappa shape index (κ3) is 3.93. The summed E-state index contributed by atoms with van der Waals surface area (Å²) in [5.41, 5.74) is 2.30. The number of aromatic nitrogens is 2. The van der Waals surface area contributed by atoms with E-state index in [1.807, 2.05) is 48.5 Å². The Kier molecular flexibility index (Phi) is 5.63. The summed E-state index contributed by atoms with van der Waals surface area (Å²) < 4.78 is 31.0. The molecular formula is C28H28N4O2S. The maximum Gasteiger partial charge on any atom is 0.243 e. The van der Waals surface area contributed by atoms with Crippen LogP contribution in [0.15, 0.2) is 90.6 Å². The summed E-state index contributed by atoms with van der Waals surface area (Å²) in [7, 11) is -3.87. The second kappa shape index (κ2) is 8.82. The van der Waals surface area contributed by atoms with Crippen LogP contribution in [0, 0.1) is 11.8 Å². The number of nitrogens with one attached hydrogen (secondary N) is 1. The maximum atomic E-state index is 13.9. The van der Waals surface area contributed by atoms with E-state index in [9.17, 15) is 8.42 Å². The Balaban J connectivity index is 1.47. The van der Waals surface area contributed by atoms with E-state index in [0.717, 1.165) is 47.8 Å². The molecule has 6 nitrogen and oxygen atoms in total. The number of piperidine rings is 3. The van der Waals surface area contributed by atoms with Gasteiger partial charge in [0.15, 0.2) is 0 Å². The highest BCUT2D eigenvalue weighted by molar-refractivity contribution is 7.89. The lowest BCUT2D eigenvalue weighted by Crippen LogP contribution is -2.57. The van der Waals surface area contributed by atoms with Gasteiger partial charge in [0.05, 0.1) is 17.1 Å². The molecule has 5 atom stereocenters. The van der Waals surface area contributed by atoms with E-state index in [1.165, 1.54) is 0 Å². The minimum atomic E-state index is -3.87. The molecule has 0 saturated carbocycles. The second-order valence-electron chi connectivity index (χ2n) is 9.59. The normalized spacial score (nSPS) is 25.0. The van der Waals surface area contributed by atoms with Crippen molar-refractivity contribution >= 4 is 31.8 Å². The van der Waals surface area contributed by atoms with Crippen molar-refractivity contribution in [3.63, 3.8) is 0 Å². The highest BCUT2D eigenvalue weighted by atomic mass is 32.2. The fraction of sp³-hybridized carbons (Fsp3) is 0.286. The van der Waals surface area contributed by atoms with Gasteiger partial charge in [-0.05, 0) is 61.1 Å². The molecule has 3 saturated heterocycles. The smallest absolute Gasteiger partial charge is 0.243 e. The first-order valence-electron chi connectivity index (χ1n) is 12.1. The van der Waals surface area contributed by atoms with E-state index in [0.29, 0.717) is 17.4 Å². The molecule has 3 fully saturated rings. The van der Waals surface area contributed by atoms with E-state index in [2.05, 4.69) is 32.2 Å². The van der Waals surface area contributed by atoms with E-state index in [-0.39, 0.29) is 10.9 Å². The first-order chi connectivity index (χ1) is 17.0. The van der Waals surface area contributed by atoms with Gasteiger partial charge in [0.1, 0.15) is 4.90 Å². The van der Waals surface area contributed by atoms with E-state index >= 15 is 0 Å². The van der Waals surface area contributed by atoms with Crippen LogP contribution in [-0.4, -0.2) is 42.4 Å². The molecule has 5 heterocycles. The van der Waals surface area contributed by atoms with Crippen LogP contribution in [0.2, 0.25) is 0 Å². The average Bonchev–Trinajstić information content (AvgIpc) is 2.91. The van der Waals surface area contributed by atoms with Gasteiger partial charge in [-0.15, -0.1) is 6.58 Å². The zero-order valence-corrected chi connectivity index (χ0v) is 20.2. The van der Waals surface area contributed by atoms with Crippen LogP contribution in [0.5, 0.6) is 0 Å². The number of rotatable bonds is 6. The van der Waals surface area contributed by atoms with Crippen LogP contribution in [0.4, 0.5) is 0 Å². The van der Waals surface area contributed by atoms with Crippen molar-refractivity contribution in [1.82, 2.24) is 19.6 Å². The summed E-state index contributed by atoms with van der Waals surface area (Å²) in [4.78, 5) is 11.6. The Morgan fingerprint density at radius 2 is 1.89 bits per heavy atom. The van der Waals surface area contributed by atoms with Crippen molar-refractivity contribution in [2.24, 2.45) is 11.8 Å². The topological polar surface area (TPSA) is 75.2 Å². The summed E-state index contributed by atoms with van der Waals surface area (Å²) in [5.74, 6) is 0.968. The van der Waals surface area contributed by atoms with Gasteiger partial charge in [-0.2, -0.15) is 0 Å². The Hall–Kier alpha value is -3.13. The van der Waals surface area contributed by atoms with Gasteiger partial charge in [0, 0.05) is 35.8 Å². The lowest BCUT2D eigenvalue weighted by atomic mass is 9.73. The van der Waals surface area contributed by atoms with Crippen LogP contribution in [-0.2, 0) is 10.0 Å². The van der Waals surface area contributed by atoms with Crippen LogP contribution in [0.25, 0.3) is 21.8 Å². The molecule has 0 radical (unpaired) electrons. The molecule has 4 aromatic rings. The zero-order valence-electron chi connectivity index (χ0n) is 19.4. The molecule has 2 bridgehead atoms. The number of hydrogen-bond donors (Lipinski definition) is 1. The molecule has 0 amide bonds. The van der Waals surface area contributed by atoms with Crippen molar-refractivity contribution in [3.8, 4) is 0 Å². The number of pyridine rings is 2. The minimum Gasteiger partial charge on any atom is -0.298 e. The van der Waals surface area contributed by atoms with Crippen molar-refractivity contribution in [2.75, 3.05) is 13.1 Å². The monoisotopic (exact) mass is 484 g/mol. The quantitative estimate of drug-likeness (QED) is 0.402. The van der Waals surface area contributed by atoms with Crippen LogP contribution in [0.1, 0.15) is 24.4 Å². The fourth-order valence-electron chi connectivity index (χ4n) is 5.99. The molecule has 178 valence electrons. The van der Waals surface area contributed by atoms with Gasteiger partial charge in [-0.3, -0.25) is 14.9 Å². The highest BCUT2D eigenvalue weighted by Crippen LogP contribution is 2.42. The SMILES string of the molecule is C=C[C@H]1CN2CCC1CC2[C@H](NS(=O)(=O)c1cccc2cccnc12)c1ccnc2ccccc12. The van der Waals surface area contributed by atoms with E-state index in [4.69, 9.17) is 0 Å². The maximum absolute atomic E-state index is 13.9. The number of para-hydroxylation sites is 2. The summed E-state index contributed by atoms with van der Waals surface area (Å²) >= 11 is 0. The van der Waals surface area contributed by atoms with Crippen LogP contribution < -0.4 is 4.72 Å². The molecular weight excluding hydrogens is 456 g/mol. The molecule has 3 aliphatic heterocycles. The zero-order chi connectivity index (χ0) is 24.0. The summed E-state index contributed by atoms with van der Waals surface area (Å²) in [6.45, 7) is 5.93. The Labute approximate surface area is 205 Å². The second-order valence-corrected chi connectivity index (χ2v) is 11.3. The predicted molar refractivity (Wildman–Crippen MR) is 138 cm³/mol. The minimum absolute atomic E-state index is 0.0495. The molecule has 2 aromatic carbocycles. The van der Waals surface area contributed by atoms with Crippen LogP contribution in [0.3, 0.4) is 0 Å². The lowest BCUT2D eigenvalue weighted by molar-refractivity contribution is 0.00490. The largest absolute Gasteiger partial charge is 0.298 e. The van der Waals surface area contributed by atoms with Crippen molar-refractivity contribution in [3.05, 3.63) is 91.3 Å². The third-order valence-corrected chi connectivity index (χ3v) is 9.20. The number of benzene rings is 2. The van der Waals surface area contributed by atoms with Crippen molar-refractivity contribution in [2.45, 2.75) is 29.8 Å². The summed E-state index contributed by atoms with van der Waals surface area (Å²) in [6, 6.07) is 18.5. The lowest BCUT2D eigenvalue weighted by Gasteiger charge is -2.51. The first-order valence-corrected chi connectivity index (χ1v) is 13.6. The molecule has 0 aliphatic carbocycles. The summed E-state index contributed by atoms with van der Waals surface area (Å²) in [5, 5.41) is 1.78. The van der Waals surface area contributed by atoms with Gasteiger partial charge >= 0.3 is 0 Å². The van der Waals surface area contributed by atoms with Gasteiger partial charge in [-0.25, -0.2) is 13.1 Å². The molecule has 35 heavy (non-hydrogen) atoms. The van der Waals surface area contributed by atoms with Crippen LogP contribution >= 0.6 is 0 Å². The predicted octanol–water partition coefficient (Wildman–Crippen LogP) is 4.70. The third-order valence-electron chi connectivity index (χ3n) is 7.72. The van der Waals surface area contributed by atoms with E-state index < -0.39 is 16.1 Å². The van der Waals surface area contributed by atoms with Gasteiger partial charge < -0.3 is 0 Å². The molecule has 2 aromatic heterocycles. The fourth-order valence-corrected chi connectivity index (χ4v) is 7.41. The number of nitrogens with zero attached hydrogens (tertiary/aromatic N) is 3. The Morgan fingerprint density at radius 3 is 2.71 bits per heavy atom. The molecule has 7 heteroatoms. The van der Waals surface area contributed by atoms with Gasteiger partial charge in [0.2, 0.25) is 10.0 Å². The molecule has 7 rings (SSSR count). The summed E-state index contributed by atoms with van der Waals surface area (Å²) in [6.07, 6.45) is 7.53. The number of hydrogen-bond acceptors (Lipinski definition) is 5. The average molecular weight is 485 g/mol. The molecule has 3 unspecified atom stereocenters. The molecule has 1 N–H and O–H groups in total. The first kappa shape index (κ1) is 22.3. The Morgan fingerprint density at radius 1 is 1.03 bits per heavy atom. The highest BCUT2D eigenvalue weighted by Gasteiger charge is 2.44. The number of fused-ring (bicyclic) bond motifs is 5. The molecule has 3 aliphatic rings. The molecule has 0 spiro atoms. The standard InChI is InChI=1S/C28H28N4O2S/c1-2-19-18-32-16-13-21(19)17-25(32)28(23-12-15-29-24-10-4-3-9-22(23)24)31-35(33,34)26-11-5-7-20-8-6-14-30-27(20)26/h2-12,14-15,19,21,25,28,31H,1,13,16-18H2/t19-,21?,25?,28+/m0/s1.